The molecular formula is C19H37N3O12. The third-order valence-corrected chi connectivity index (χ3v) is 6.76. The maximum absolute atomic E-state index is 11.1. The Morgan fingerprint density at radius 2 is 1.26 bits per heavy atom. The van der Waals surface area contributed by atoms with Crippen LogP contribution in [0.1, 0.15) is 6.42 Å². The molecule has 1 saturated carbocycles. The van der Waals surface area contributed by atoms with Gasteiger partial charge < -0.3 is 76.6 Å². The molecule has 0 aromatic heterocycles. The van der Waals surface area contributed by atoms with Crippen molar-refractivity contribution < 1.29 is 59.8 Å². The Bertz CT molecular complexity index is 648. The molecular weight excluding hydrogens is 462 g/mol. The van der Waals surface area contributed by atoms with E-state index in [4.69, 9.17) is 30.4 Å². The Morgan fingerprint density at radius 3 is 1.82 bits per heavy atom. The van der Waals surface area contributed by atoms with Crippen molar-refractivity contribution in [3.05, 3.63) is 0 Å². The molecule has 1 aliphatic carbocycles. The van der Waals surface area contributed by atoms with Gasteiger partial charge in [-0.15, -0.1) is 0 Å². The highest BCUT2D eigenvalue weighted by Gasteiger charge is 2.52. The van der Waals surface area contributed by atoms with Crippen LogP contribution in [0.3, 0.4) is 0 Å². The van der Waals surface area contributed by atoms with Crippen LogP contribution in [0.25, 0.3) is 0 Å². The van der Waals surface area contributed by atoms with Gasteiger partial charge in [0.2, 0.25) is 0 Å². The Hall–Kier alpha value is -0.600. The monoisotopic (exact) mass is 499 g/mol. The molecule has 0 amide bonds. The van der Waals surface area contributed by atoms with Crippen LogP contribution in [-0.2, 0) is 18.9 Å². The summed E-state index contributed by atoms with van der Waals surface area (Å²) in [5.41, 5.74) is 12.0. The van der Waals surface area contributed by atoms with E-state index in [1.54, 1.807) is 7.05 Å². The van der Waals surface area contributed by atoms with Gasteiger partial charge in [0.15, 0.2) is 12.6 Å². The molecule has 0 aromatic rings. The maximum Gasteiger partial charge on any atom is 0.187 e. The highest BCUT2D eigenvalue weighted by atomic mass is 16.7. The number of ether oxygens (including phenoxy) is 4. The van der Waals surface area contributed by atoms with E-state index in [1.165, 1.54) is 0 Å². The lowest BCUT2D eigenvalue weighted by molar-refractivity contribution is -0.335. The van der Waals surface area contributed by atoms with Crippen molar-refractivity contribution in [3.8, 4) is 0 Å². The first kappa shape index (κ1) is 28.0. The van der Waals surface area contributed by atoms with Gasteiger partial charge in [0.1, 0.15) is 61.0 Å². The van der Waals surface area contributed by atoms with E-state index in [0.29, 0.717) is 0 Å². The summed E-state index contributed by atoms with van der Waals surface area (Å²) in [5.74, 6) is 0. The van der Waals surface area contributed by atoms with Crippen LogP contribution in [0.4, 0.5) is 0 Å². The minimum absolute atomic E-state index is 0.196. The van der Waals surface area contributed by atoms with Gasteiger partial charge in [-0.3, -0.25) is 0 Å². The topological polar surface area (TPSA) is 263 Å². The number of aliphatic hydroxyl groups excluding tert-OH is 8. The smallest absolute Gasteiger partial charge is 0.187 e. The van der Waals surface area contributed by atoms with Crippen LogP contribution in [-0.4, -0.2) is 153 Å². The van der Waals surface area contributed by atoms with Gasteiger partial charge in [-0.05, 0) is 13.5 Å². The van der Waals surface area contributed by atoms with E-state index < -0.39 is 105 Å². The second-order valence-electron chi connectivity index (χ2n) is 8.97. The summed E-state index contributed by atoms with van der Waals surface area (Å²) >= 11 is 0. The van der Waals surface area contributed by atoms with Gasteiger partial charge in [0.25, 0.3) is 0 Å². The van der Waals surface area contributed by atoms with E-state index in [2.05, 4.69) is 5.32 Å². The lowest BCUT2D eigenvalue weighted by Crippen LogP contribution is -2.68. The number of nitrogens with one attached hydrogen (secondary N) is 1. The zero-order valence-electron chi connectivity index (χ0n) is 18.6. The number of hydrogen-bond acceptors (Lipinski definition) is 15. The second-order valence-corrected chi connectivity index (χ2v) is 8.97. The van der Waals surface area contributed by atoms with E-state index >= 15 is 0 Å². The third-order valence-electron chi connectivity index (χ3n) is 6.76. The molecule has 0 bridgehead atoms. The standard InChI is InChI=1S/C19H37N3O12/c1-22-6-2-5(20)16(33-18-12(27)9(21)10(25)7(3-23)31-18)15(30)17(6)34-19-14(29)13(28)11(26)8(4-24)32-19/h5-19,22-30H,2-4,20-21H2,1H3/t5-,6+,7-,8-,9+,10-,11-,12-,13+,14-,15-,16+,17-,18-,19-/m1/s1. The Morgan fingerprint density at radius 1 is 0.735 bits per heavy atom. The largest absolute Gasteiger partial charge is 0.394 e. The summed E-state index contributed by atoms with van der Waals surface area (Å²) in [7, 11) is 1.59. The average Bonchev–Trinajstić information content (AvgIpc) is 2.82. The molecule has 2 saturated heterocycles. The fourth-order valence-electron chi connectivity index (χ4n) is 4.60. The van der Waals surface area contributed by atoms with Crippen LogP contribution in [0, 0.1) is 0 Å². The van der Waals surface area contributed by atoms with Crippen molar-refractivity contribution in [2.75, 3.05) is 20.3 Å². The first-order valence-corrected chi connectivity index (χ1v) is 11.2. The molecule has 3 aliphatic rings. The molecule has 15 atom stereocenters. The predicted octanol–water partition coefficient (Wildman–Crippen LogP) is -7.00. The van der Waals surface area contributed by atoms with Crippen LogP contribution >= 0.6 is 0 Å². The van der Waals surface area contributed by atoms with Crippen molar-refractivity contribution in [2.24, 2.45) is 11.5 Å². The first-order chi connectivity index (χ1) is 16.0. The van der Waals surface area contributed by atoms with Crippen LogP contribution < -0.4 is 16.8 Å². The molecule has 13 N–H and O–H groups in total. The number of aliphatic hydroxyl groups is 8. The summed E-state index contributed by atoms with van der Waals surface area (Å²) in [6.45, 7) is -1.25. The first-order valence-electron chi connectivity index (χ1n) is 11.2. The summed E-state index contributed by atoms with van der Waals surface area (Å²) in [6.07, 6.45) is -16.6. The normalized spacial score (nSPS) is 52.5. The molecule has 0 unspecified atom stereocenters. The van der Waals surface area contributed by atoms with Crippen LogP contribution in [0.5, 0.6) is 0 Å². The molecule has 2 aliphatic heterocycles. The van der Waals surface area contributed by atoms with Gasteiger partial charge in [0, 0.05) is 12.1 Å². The molecule has 3 rings (SSSR count). The maximum atomic E-state index is 11.1. The third kappa shape index (κ3) is 5.39. The van der Waals surface area contributed by atoms with Crippen molar-refractivity contribution >= 4 is 0 Å². The molecule has 0 radical (unpaired) electrons. The summed E-state index contributed by atoms with van der Waals surface area (Å²) < 4.78 is 22.3. The Labute approximate surface area is 195 Å². The van der Waals surface area contributed by atoms with E-state index in [9.17, 15) is 40.9 Å². The van der Waals surface area contributed by atoms with Crippen LogP contribution in [0.15, 0.2) is 0 Å². The zero-order valence-corrected chi connectivity index (χ0v) is 18.6. The summed E-state index contributed by atoms with van der Waals surface area (Å²) in [4.78, 5) is 0. The fraction of sp³-hybridized carbons (Fsp3) is 1.00. The number of rotatable bonds is 7. The SMILES string of the molecule is CN[C@H]1C[C@@H](N)[C@H](O[C@H]2O[C@H](CO)[C@@H](O)[C@H](N)[C@H]2O)[C@@H](O)[C@@H]1O[C@H]1O[C@H](CO)[C@@H](O)[C@H](O)[C@H]1O. The molecule has 15 nitrogen and oxygen atoms in total. The predicted molar refractivity (Wildman–Crippen MR) is 111 cm³/mol. The van der Waals surface area contributed by atoms with Gasteiger partial charge >= 0.3 is 0 Å². The number of hydrogen-bond donors (Lipinski definition) is 11. The zero-order chi connectivity index (χ0) is 25.3. The molecule has 3 fully saturated rings. The van der Waals surface area contributed by atoms with Crippen molar-refractivity contribution in [3.63, 3.8) is 0 Å². The highest BCUT2D eigenvalue weighted by Crippen LogP contribution is 2.31. The minimum atomic E-state index is -1.69. The van der Waals surface area contributed by atoms with Gasteiger partial charge in [-0.2, -0.15) is 0 Å². The van der Waals surface area contributed by atoms with Gasteiger partial charge in [-0.1, -0.05) is 0 Å². The average molecular weight is 500 g/mol. The Balaban J connectivity index is 1.76. The lowest BCUT2D eigenvalue weighted by atomic mass is 9.83. The number of likely N-dealkylation sites (N-methyl/N-ethyl adjacent to an activating group) is 1. The van der Waals surface area contributed by atoms with Gasteiger partial charge in [-0.25, -0.2) is 0 Å². The van der Waals surface area contributed by atoms with Crippen molar-refractivity contribution in [1.82, 2.24) is 5.32 Å². The van der Waals surface area contributed by atoms with Crippen molar-refractivity contribution in [1.29, 1.82) is 0 Å². The molecule has 0 spiro atoms. The van der Waals surface area contributed by atoms with E-state index in [-0.39, 0.29) is 6.42 Å². The lowest BCUT2D eigenvalue weighted by Gasteiger charge is -2.48. The minimum Gasteiger partial charge on any atom is -0.394 e. The van der Waals surface area contributed by atoms with E-state index in [0.717, 1.165) is 0 Å². The van der Waals surface area contributed by atoms with E-state index in [1.807, 2.05) is 0 Å². The quantitative estimate of drug-likeness (QED) is 0.155. The second kappa shape index (κ2) is 11.6. The highest BCUT2D eigenvalue weighted by molar-refractivity contribution is 5.02. The molecule has 34 heavy (non-hydrogen) atoms. The summed E-state index contributed by atoms with van der Waals surface area (Å²) in [5, 5.41) is 83.5. The number of nitrogens with two attached hydrogens (primary N) is 2. The fourth-order valence-corrected chi connectivity index (χ4v) is 4.60. The Kier molecular flexibility index (Phi) is 9.57. The van der Waals surface area contributed by atoms with Crippen LogP contribution in [0.2, 0.25) is 0 Å². The van der Waals surface area contributed by atoms with Crippen molar-refractivity contribution in [2.45, 2.75) is 98.2 Å². The summed E-state index contributed by atoms with van der Waals surface area (Å²) in [6, 6.07) is -2.55. The molecule has 0 aromatic carbocycles. The molecule has 200 valence electrons. The molecule has 2 heterocycles. The van der Waals surface area contributed by atoms with Gasteiger partial charge in [0.05, 0.1) is 19.3 Å². The molecule has 15 heteroatoms.